The number of nitrogens with one attached hydrogen (secondary N) is 1. The van der Waals surface area contributed by atoms with Gasteiger partial charge >= 0.3 is 0 Å². The first-order valence-electron chi connectivity index (χ1n) is 6.55. The predicted octanol–water partition coefficient (Wildman–Crippen LogP) is 4.26. The third-order valence-corrected chi connectivity index (χ3v) is 3.54. The minimum atomic E-state index is 0.592. The van der Waals surface area contributed by atoms with Crippen LogP contribution in [0.3, 0.4) is 0 Å². The molecule has 1 aromatic heterocycles. The van der Waals surface area contributed by atoms with Crippen molar-refractivity contribution >= 4 is 15.9 Å². The van der Waals surface area contributed by atoms with Crippen LogP contribution in [0.2, 0.25) is 0 Å². The third-order valence-electron chi connectivity index (χ3n) is 3.07. The summed E-state index contributed by atoms with van der Waals surface area (Å²) in [6.07, 6.45) is 1.83. The van der Waals surface area contributed by atoms with E-state index in [0.29, 0.717) is 5.92 Å². The summed E-state index contributed by atoms with van der Waals surface area (Å²) in [5.74, 6) is 0.592. The molecule has 0 aliphatic rings. The normalized spacial score (nSPS) is 10.9. The lowest BCUT2D eigenvalue weighted by molar-refractivity contribution is 0.679. The van der Waals surface area contributed by atoms with Gasteiger partial charge in [-0.1, -0.05) is 38.1 Å². The zero-order valence-electron chi connectivity index (χ0n) is 11.4. The van der Waals surface area contributed by atoms with E-state index in [1.54, 1.807) is 0 Å². The summed E-state index contributed by atoms with van der Waals surface area (Å²) >= 11 is 3.39. The Morgan fingerprint density at radius 1 is 1.05 bits per heavy atom. The van der Waals surface area contributed by atoms with Crippen molar-refractivity contribution in [2.75, 3.05) is 0 Å². The third kappa shape index (κ3) is 4.44. The summed E-state index contributed by atoms with van der Waals surface area (Å²) in [7, 11) is 0. The van der Waals surface area contributed by atoms with E-state index in [1.807, 2.05) is 18.3 Å². The molecule has 2 rings (SSSR count). The fourth-order valence-corrected chi connectivity index (χ4v) is 2.10. The monoisotopic (exact) mass is 318 g/mol. The molecule has 2 aromatic rings. The lowest BCUT2D eigenvalue weighted by atomic mass is 10.0. The van der Waals surface area contributed by atoms with E-state index in [9.17, 15) is 0 Å². The number of benzene rings is 1. The Hall–Kier alpha value is -1.19. The average Bonchev–Trinajstić information content (AvgIpc) is 2.41. The van der Waals surface area contributed by atoms with Crippen LogP contribution in [0.5, 0.6) is 0 Å². The highest BCUT2D eigenvalue weighted by Crippen LogP contribution is 2.14. The van der Waals surface area contributed by atoms with E-state index in [4.69, 9.17) is 0 Å². The van der Waals surface area contributed by atoms with Crippen LogP contribution in [0.4, 0.5) is 0 Å². The fraction of sp³-hybridized carbons (Fsp3) is 0.312. The van der Waals surface area contributed by atoms with Gasteiger partial charge in [-0.3, -0.25) is 4.98 Å². The van der Waals surface area contributed by atoms with Crippen molar-refractivity contribution in [3.8, 4) is 0 Å². The van der Waals surface area contributed by atoms with Gasteiger partial charge in [0.15, 0.2) is 0 Å². The highest BCUT2D eigenvalue weighted by Gasteiger charge is 1.99. The smallest absolute Gasteiger partial charge is 0.0542 e. The molecule has 0 aliphatic carbocycles. The van der Waals surface area contributed by atoms with Gasteiger partial charge in [-0.2, -0.15) is 0 Å². The summed E-state index contributed by atoms with van der Waals surface area (Å²) in [6, 6.07) is 12.8. The van der Waals surface area contributed by atoms with E-state index in [1.165, 1.54) is 11.1 Å². The Balaban J connectivity index is 1.83. The second-order valence-electron chi connectivity index (χ2n) is 4.97. The lowest BCUT2D eigenvalue weighted by Gasteiger charge is -2.08. The van der Waals surface area contributed by atoms with Crippen molar-refractivity contribution < 1.29 is 0 Å². The molecule has 0 saturated carbocycles. The van der Waals surface area contributed by atoms with Gasteiger partial charge in [0.05, 0.1) is 5.69 Å². The maximum absolute atomic E-state index is 4.34. The number of nitrogens with zero attached hydrogens (tertiary/aromatic N) is 1. The molecule has 100 valence electrons. The van der Waals surface area contributed by atoms with Crippen molar-refractivity contribution in [3.05, 3.63) is 63.9 Å². The molecular weight excluding hydrogens is 300 g/mol. The molecule has 0 unspecified atom stereocenters. The zero-order valence-corrected chi connectivity index (χ0v) is 12.9. The first kappa shape index (κ1) is 14.2. The van der Waals surface area contributed by atoms with Crippen LogP contribution < -0.4 is 5.32 Å². The van der Waals surface area contributed by atoms with Crippen molar-refractivity contribution in [1.29, 1.82) is 0 Å². The first-order chi connectivity index (χ1) is 9.15. The minimum absolute atomic E-state index is 0.592. The molecule has 0 atom stereocenters. The second kappa shape index (κ2) is 6.83. The molecule has 0 saturated heterocycles. The van der Waals surface area contributed by atoms with Gasteiger partial charge in [-0.05, 0) is 45.1 Å². The average molecular weight is 319 g/mol. The summed E-state index contributed by atoms with van der Waals surface area (Å²) in [6.45, 7) is 6.09. The molecule has 0 fully saturated rings. The molecule has 19 heavy (non-hydrogen) atoms. The molecule has 1 N–H and O–H groups in total. The molecule has 0 amide bonds. The number of hydrogen-bond donors (Lipinski definition) is 1. The first-order valence-corrected chi connectivity index (χ1v) is 7.34. The zero-order chi connectivity index (χ0) is 13.7. The molecule has 0 aliphatic heterocycles. The summed E-state index contributed by atoms with van der Waals surface area (Å²) < 4.78 is 1.01. The van der Waals surface area contributed by atoms with Gasteiger partial charge in [0.2, 0.25) is 0 Å². The van der Waals surface area contributed by atoms with Gasteiger partial charge in [0.1, 0.15) is 0 Å². The number of rotatable bonds is 5. The molecule has 0 spiro atoms. The molecule has 0 radical (unpaired) electrons. The number of pyridine rings is 1. The summed E-state index contributed by atoms with van der Waals surface area (Å²) in [5, 5.41) is 3.41. The van der Waals surface area contributed by atoms with Crippen LogP contribution >= 0.6 is 15.9 Å². The van der Waals surface area contributed by atoms with Crippen molar-refractivity contribution in [2.45, 2.75) is 32.9 Å². The molecule has 0 bridgehead atoms. The van der Waals surface area contributed by atoms with Gasteiger partial charge in [0, 0.05) is 23.8 Å². The largest absolute Gasteiger partial charge is 0.307 e. The summed E-state index contributed by atoms with van der Waals surface area (Å²) in [4.78, 5) is 4.34. The Kier molecular flexibility index (Phi) is 5.11. The van der Waals surface area contributed by atoms with Crippen LogP contribution in [-0.4, -0.2) is 4.98 Å². The number of hydrogen-bond acceptors (Lipinski definition) is 2. The quantitative estimate of drug-likeness (QED) is 0.891. The molecular formula is C16H19BrN2. The maximum Gasteiger partial charge on any atom is 0.0542 e. The Bertz CT molecular complexity index is 503. The standard InChI is InChI=1S/C16H19BrN2/c1-12(2)14-5-3-13(4-6-14)9-18-11-16-8-7-15(17)10-19-16/h3-8,10,12,18H,9,11H2,1-2H3. The topological polar surface area (TPSA) is 24.9 Å². The van der Waals surface area contributed by atoms with E-state index >= 15 is 0 Å². The molecule has 1 aromatic carbocycles. The SMILES string of the molecule is CC(C)c1ccc(CNCc2ccc(Br)cn2)cc1. The highest BCUT2D eigenvalue weighted by atomic mass is 79.9. The highest BCUT2D eigenvalue weighted by molar-refractivity contribution is 9.10. The fourth-order valence-electron chi connectivity index (χ4n) is 1.87. The van der Waals surface area contributed by atoms with Gasteiger partial charge in [0.25, 0.3) is 0 Å². The van der Waals surface area contributed by atoms with Crippen molar-refractivity contribution in [3.63, 3.8) is 0 Å². The van der Waals surface area contributed by atoms with Crippen LogP contribution in [-0.2, 0) is 13.1 Å². The van der Waals surface area contributed by atoms with Crippen LogP contribution in [0.15, 0.2) is 47.1 Å². The molecule has 2 nitrogen and oxygen atoms in total. The van der Waals surface area contributed by atoms with Crippen molar-refractivity contribution in [1.82, 2.24) is 10.3 Å². The van der Waals surface area contributed by atoms with Crippen LogP contribution in [0, 0.1) is 0 Å². The number of aromatic nitrogens is 1. The van der Waals surface area contributed by atoms with Crippen molar-refractivity contribution in [2.24, 2.45) is 0 Å². The molecule has 1 heterocycles. The Morgan fingerprint density at radius 2 is 1.79 bits per heavy atom. The second-order valence-corrected chi connectivity index (χ2v) is 5.88. The van der Waals surface area contributed by atoms with Gasteiger partial charge in [-0.25, -0.2) is 0 Å². The maximum atomic E-state index is 4.34. The van der Waals surface area contributed by atoms with Gasteiger partial charge < -0.3 is 5.32 Å². The van der Waals surface area contributed by atoms with E-state index < -0.39 is 0 Å². The Labute approximate surface area is 123 Å². The van der Waals surface area contributed by atoms with Crippen LogP contribution in [0.1, 0.15) is 36.6 Å². The predicted molar refractivity (Wildman–Crippen MR) is 83.0 cm³/mol. The van der Waals surface area contributed by atoms with E-state index in [-0.39, 0.29) is 0 Å². The molecule has 3 heteroatoms. The summed E-state index contributed by atoms with van der Waals surface area (Å²) in [5.41, 5.74) is 3.75. The number of halogens is 1. The lowest BCUT2D eigenvalue weighted by Crippen LogP contribution is -2.13. The van der Waals surface area contributed by atoms with E-state index in [2.05, 4.69) is 64.3 Å². The van der Waals surface area contributed by atoms with Crippen LogP contribution in [0.25, 0.3) is 0 Å². The minimum Gasteiger partial charge on any atom is -0.307 e. The van der Waals surface area contributed by atoms with E-state index in [0.717, 1.165) is 23.3 Å². The Morgan fingerprint density at radius 3 is 2.37 bits per heavy atom. The van der Waals surface area contributed by atoms with Gasteiger partial charge in [-0.15, -0.1) is 0 Å².